The van der Waals surface area contributed by atoms with E-state index in [9.17, 15) is 14.4 Å². The Bertz CT molecular complexity index is 993. The fraction of sp³-hybridized carbons (Fsp3) is 0.914. The van der Waals surface area contributed by atoms with Crippen molar-refractivity contribution >= 4 is 17.9 Å². The molecule has 0 fully saturated rings. The van der Waals surface area contributed by atoms with Gasteiger partial charge in [0.15, 0.2) is 6.10 Å². The largest absolute Gasteiger partial charge is 0.462 e. The van der Waals surface area contributed by atoms with Crippen LogP contribution in [0.25, 0.3) is 0 Å². The van der Waals surface area contributed by atoms with Crippen LogP contribution in [0, 0.1) is 0 Å². The summed E-state index contributed by atoms with van der Waals surface area (Å²) in [7, 11) is 0. The van der Waals surface area contributed by atoms with E-state index in [1.807, 2.05) is 0 Å². The summed E-state index contributed by atoms with van der Waals surface area (Å²) in [6.07, 6.45) is 60.5. The van der Waals surface area contributed by atoms with Gasteiger partial charge >= 0.3 is 17.9 Å². The Labute approximate surface area is 399 Å². The van der Waals surface area contributed by atoms with Crippen molar-refractivity contribution in [3.8, 4) is 0 Å². The van der Waals surface area contributed by atoms with Gasteiger partial charge in [0.05, 0.1) is 0 Å². The first kappa shape index (κ1) is 62.1. The van der Waals surface area contributed by atoms with Crippen LogP contribution in [0.15, 0.2) is 12.2 Å². The van der Waals surface area contributed by atoms with E-state index in [1.54, 1.807) is 0 Å². The second-order valence-corrected chi connectivity index (χ2v) is 19.6. The summed E-state index contributed by atoms with van der Waals surface area (Å²) < 4.78 is 16.9. The lowest BCUT2D eigenvalue weighted by Gasteiger charge is -2.18. The van der Waals surface area contributed by atoms with Gasteiger partial charge < -0.3 is 14.2 Å². The molecule has 0 aliphatic carbocycles. The summed E-state index contributed by atoms with van der Waals surface area (Å²) in [5, 5.41) is 0. The highest BCUT2D eigenvalue weighted by Gasteiger charge is 2.19. The molecule has 0 saturated heterocycles. The topological polar surface area (TPSA) is 78.9 Å². The van der Waals surface area contributed by atoms with Gasteiger partial charge in [-0.3, -0.25) is 14.4 Å². The molecule has 1 unspecified atom stereocenters. The number of ether oxygens (including phenoxy) is 3. The van der Waals surface area contributed by atoms with E-state index in [0.717, 1.165) is 64.2 Å². The molecule has 64 heavy (non-hydrogen) atoms. The van der Waals surface area contributed by atoms with Crippen LogP contribution in [-0.2, 0) is 28.6 Å². The third-order valence-electron chi connectivity index (χ3n) is 13.0. The molecule has 0 radical (unpaired) electrons. The van der Waals surface area contributed by atoms with Crippen molar-refractivity contribution in [3.05, 3.63) is 12.2 Å². The highest BCUT2D eigenvalue weighted by atomic mass is 16.6. The maximum Gasteiger partial charge on any atom is 0.306 e. The van der Waals surface area contributed by atoms with E-state index >= 15 is 0 Å². The lowest BCUT2D eigenvalue weighted by molar-refractivity contribution is -0.167. The number of unbranched alkanes of at least 4 members (excludes halogenated alkanes) is 40. The standard InChI is InChI=1S/C58H110O6/c1-4-7-10-13-16-19-22-25-28-30-33-36-39-42-45-48-51-57(60)63-54-55(53-62-56(59)50-47-44-41-38-35-32-27-24-21-18-15-12-9-6-3)64-58(61)52-49-46-43-40-37-34-31-29-26-23-20-17-14-11-8-5-2/h28,30,55H,4-27,29,31-54H2,1-3H3/b30-28-. The first-order valence-electron chi connectivity index (χ1n) is 28.7. The number of carbonyl (C=O) groups excluding carboxylic acids is 3. The molecule has 0 saturated carbocycles. The van der Waals surface area contributed by atoms with Crippen LogP contribution in [0.4, 0.5) is 0 Å². The van der Waals surface area contributed by atoms with Crippen molar-refractivity contribution in [2.75, 3.05) is 13.2 Å². The maximum atomic E-state index is 12.8. The molecule has 0 amide bonds. The minimum absolute atomic E-state index is 0.0666. The first-order chi connectivity index (χ1) is 31.5. The SMILES string of the molecule is CCCCCCCCC/C=C\CCCCCCCC(=O)OCC(COC(=O)CCCCCCCCCCCCCCCC)OC(=O)CCCCCCCCCCCCCCCCCC. The number of esters is 3. The number of hydrogen-bond acceptors (Lipinski definition) is 6. The molecular weight excluding hydrogens is 793 g/mol. The normalized spacial score (nSPS) is 12.0. The molecule has 378 valence electrons. The number of rotatable bonds is 53. The zero-order chi connectivity index (χ0) is 46.5. The van der Waals surface area contributed by atoms with Crippen molar-refractivity contribution in [2.24, 2.45) is 0 Å². The summed E-state index contributed by atoms with van der Waals surface area (Å²) in [6, 6.07) is 0. The fourth-order valence-electron chi connectivity index (χ4n) is 8.68. The van der Waals surface area contributed by atoms with E-state index in [0.29, 0.717) is 19.3 Å². The van der Waals surface area contributed by atoms with Crippen LogP contribution in [0.3, 0.4) is 0 Å². The Kier molecular flexibility index (Phi) is 52.2. The summed E-state index contributed by atoms with van der Waals surface area (Å²) in [6.45, 7) is 6.69. The third kappa shape index (κ3) is 51.1. The molecule has 0 rings (SSSR count). The van der Waals surface area contributed by atoms with Gasteiger partial charge in [0.2, 0.25) is 0 Å². The molecule has 0 heterocycles. The Hall–Kier alpha value is -1.85. The highest BCUT2D eigenvalue weighted by Crippen LogP contribution is 2.17. The predicted octanol–water partition coefficient (Wildman–Crippen LogP) is 18.9. The summed E-state index contributed by atoms with van der Waals surface area (Å²) >= 11 is 0. The second-order valence-electron chi connectivity index (χ2n) is 19.6. The van der Waals surface area contributed by atoms with Crippen molar-refractivity contribution in [1.29, 1.82) is 0 Å². The molecule has 6 nitrogen and oxygen atoms in total. The van der Waals surface area contributed by atoms with Crippen molar-refractivity contribution in [2.45, 2.75) is 329 Å². The van der Waals surface area contributed by atoms with Gasteiger partial charge in [0, 0.05) is 19.3 Å². The molecule has 0 aliphatic rings. The molecule has 0 spiro atoms. The van der Waals surface area contributed by atoms with Crippen LogP contribution in [0.1, 0.15) is 323 Å². The van der Waals surface area contributed by atoms with Crippen LogP contribution < -0.4 is 0 Å². The molecule has 0 aromatic heterocycles. The molecular formula is C58H110O6. The zero-order valence-corrected chi connectivity index (χ0v) is 43.3. The predicted molar refractivity (Wildman–Crippen MR) is 275 cm³/mol. The number of allylic oxidation sites excluding steroid dienone is 2. The molecule has 0 aliphatic heterocycles. The van der Waals surface area contributed by atoms with Gasteiger partial charge in [0.25, 0.3) is 0 Å². The molecule has 0 N–H and O–H groups in total. The molecule has 0 bridgehead atoms. The second kappa shape index (κ2) is 53.8. The van der Waals surface area contributed by atoms with Gasteiger partial charge in [-0.25, -0.2) is 0 Å². The summed E-state index contributed by atoms with van der Waals surface area (Å²) in [5.41, 5.74) is 0. The molecule has 0 aromatic carbocycles. The molecule has 0 aromatic rings. The Balaban J connectivity index is 4.33. The average Bonchev–Trinajstić information content (AvgIpc) is 3.29. The van der Waals surface area contributed by atoms with Gasteiger partial charge in [0.1, 0.15) is 13.2 Å². The number of hydrogen-bond donors (Lipinski definition) is 0. The minimum Gasteiger partial charge on any atom is -0.462 e. The third-order valence-corrected chi connectivity index (χ3v) is 13.0. The molecule has 1 atom stereocenters. The zero-order valence-electron chi connectivity index (χ0n) is 43.3. The van der Waals surface area contributed by atoms with Crippen molar-refractivity contribution < 1.29 is 28.6 Å². The van der Waals surface area contributed by atoms with Crippen LogP contribution in [0.2, 0.25) is 0 Å². The first-order valence-corrected chi connectivity index (χ1v) is 28.7. The smallest absolute Gasteiger partial charge is 0.306 e. The van der Waals surface area contributed by atoms with Gasteiger partial charge in [-0.2, -0.15) is 0 Å². The highest BCUT2D eigenvalue weighted by molar-refractivity contribution is 5.71. The van der Waals surface area contributed by atoms with E-state index in [-0.39, 0.29) is 31.1 Å². The van der Waals surface area contributed by atoms with Gasteiger partial charge in [-0.15, -0.1) is 0 Å². The minimum atomic E-state index is -0.767. The number of carbonyl (C=O) groups is 3. The van der Waals surface area contributed by atoms with E-state index < -0.39 is 6.10 Å². The maximum absolute atomic E-state index is 12.8. The van der Waals surface area contributed by atoms with E-state index in [4.69, 9.17) is 14.2 Å². The Morgan fingerprint density at radius 3 is 0.781 bits per heavy atom. The van der Waals surface area contributed by atoms with Crippen molar-refractivity contribution in [1.82, 2.24) is 0 Å². The van der Waals surface area contributed by atoms with E-state index in [2.05, 4.69) is 32.9 Å². The monoisotopic (exact) mass is 903 g/mol. The lowest BCUT2D eigenvalue weighted by Crippen LogP contribution is -2.30. The van der Waals surface area contributed by atoms with E-state index in [1.165, 1.54) is 218 Å². The van der Waals surface area contributed by atoms with Crippen LogP contribution in [0.5, 0.6) is 0 Å². The Morgan fingerprint density at radius 1 is 0.297 bits per heavy atom. The fourth-order valence-corrected chi connectivity index (χ4v) is 8.68. The molecule has 6 heteroatoms. The van der Waals surface area contributed by atoms with Gasteiger partial charge in [-0.05, 0) is 44.9 Å². The Morgan fingerprint density at radius 2 is 0.516 bits per heavy atom. The van der Waals surface area contributed by atoms with Crippen molar-refractivity contribution in [3.63, 3.8) is 0 Å². The average molecular weight is 904 g/mol. The van der Waals surface area contributed by atoms with Crippen LogP contribution in [-0.4, -0.2) is 37.2 Å². The summed E-state index contributed by atoms with van der Waals surface area (Å²) in [5.74, 6) is -0.851. The lowest BCUT2D eigenvalue weighted by atomic mass is 10.0. The quantitative estimate of drug-likeness (QED) is 0.0262. The van der Waals surface area contributed by atoms with Gasteiger partial charge in [-0.1, -0.05) is 270 Å². The van der Waals surface area contributed by atoms with Crippen LogP contribution >= 0.6 is 0 Å². The summed E-state index contributed by atoms with van der Waals surface area (Å²) in [4.78, 5) is 38.1.